The van der Waals surface area contributed by atoms with Crippen molar-refractivity contribution in [2.24, 2.45) is 5.92 Å². The normalized spacial score (nSPS) is 19.8. The maximum absolute atomic E-state index is 12.1. The Balaban J connectivity index is 1.80. The molecule has 0 aliphatic carbocycles. The van der Waals surface area contributed by atoms with Crippen molar-refractivity contribution >= 4 is 23.4 Å². The van der Waals surface area contributed by atoms with E-state index in [9.17, 15) is 4.79 Å². The highest BCUT2D eigenvalue weighted by Crippen LogP contribution is 2.24. The summed E-state index contributed by atoms with van der Waals surface area (Å²) in [6.07, 6.45) is 5.19. The van der Waals surface area contributed by atoms with Crippen LogP contribution in [0.2, 0.25) is 0 Å². The number of nitrogens with one attached hydrogen (secondary N) is 1. The minimum Gasteiger partial charge on any atom is -0.325 e. The number of para-hydroxylation sites is 1. The Morgan fingerprint density at radius 2 is 2.25 bits per heavy atom. The Kier molecular flexibility index (Phi) is 5.92. The fourth-order valence-corrected chi connectivity index (χ4v) is 3.26. The van der Waals surface area contributed by atoms with Crippen LogP contribution < -0.4 is 5.32 Å². The predicted molar refractivity (Wildman–Crippen MR) is 86.3 cm³/mol. The first-order valence-corrected chi connectivity index (χ1v) is 8.56. The largest absolute Gasteiger partial charge is 0.325 e. The molecule has 1 aromatic carbocycles. The number of hydrogen-bond acceptors (Lipinski definition) is 3. The monoisotopic (exact) mass is 292 g/mol. The van der Waals surface area contributed by atoms with Gasteiger partial charge in [0, 0.05) is 24.4 Å². The van der Waals surface area contributed by atoms with Crippen molar-refractivity contribution in [3.8, 4) is 0 Å². The van der Waals surface area contributed by atoms with Gasteiger partial charge in [-0.25, -0.2) is 0 Å². The number of carbonyl (C=O) groups excluding carboxylic acids is 1. The molecular formula is C16H24N2OS. The summed E-state index contributed by atoms with van der Waals surface area (Å²) in [6, 6.07) is 7.96. The highest BCUT2D eigenvalue weighted by molar-refractivity contribution is 7.98. The smallest absolute Gasteiger partial charge is 0.225 e. The van der Waals surface area contributed by atoms with Gasteiger partial charge in [0.1, 0.15) is 0 Å². The lowest BCUT2D eigenvalue weighted by atomic mass is 10.0. The van der Waals surface area contributed by atoms with E-state index < -0.39 is 0 Å². The van der Waals surface area contributed by atoms with E-state index >= 15 is 0 Å². The highest BCUT2D eigenvalue weighted by atomic mass is 32.2. The van der Waals surface area contributed by atoms with Gasteiger partial charge in [0.25, 0.3) is 0 Å². The van der Waals surface area contributed by atoms with Crippen molar-refractivity contribution in [3.63, 3.8) is 0 Å². The molecule has 1 unspecified atom stereocenters. The first kappa shape index (κ1) is 15.4. The third kappa shape index (κ3) is 4.53. The number of nitrogens with zero attached hydrogens (tertiary/aromatic N) is 1. The van der Waals surface area contributed by atoms with Crippen LogP contribution in [0.15, 0.2) is 29.2 Å². The van der Waals surface area contributed by atoms with Crippen LogP contribution in [0, 0.1) is 5.92 Å². The van der Waals surface area contributed by atoms with Crippen LogP contribution in [0.5, 0.6) is 0 Å². The molecule has 20 heavy (non-hydrogen) atoms. The summed E-state index contributed by atoms with van der Waals surface area (Å²) in [4.78, 5) is 15.6. The highest BCUT2D eigenvalue weighted by Gasteiger charge is 2.17. The fourth-order valence-electron chi connectivity index (χ4n) is 2.71. The van der Waals surface area contributed by atoms with Gasteiger partial charge in [0.15, 0.2) is 0 Å². The molecular weight excluding hydrogens is 268 g/mol. The Bertz CT molecular complexity index is 450. The molecule has 1 aromatic rings. The maximum Gasteiger partial charge on any atom is 0.225 e. The van der Waals surface area contributed by atoms with Crippen LogP contribution in [-0.2, 0) is 4.79 Å². The maximum atomic E-state index is 12.1. The molecule has 1 heterocycles. The zero-order valence-electron chi connectivity index (χ0n) is 12.4. The summed E-state index contributed by atoms with van der Waals surface area (Å²) >= 11 is 1.66. The number of amides is 1. The summed E-state index contributed by atoms with van der Waals surface area (Å²) in [7, 11) is 0. The lowest BCUT2D eigenvalue weighted by molar-refractivity contribution is -0.116. The van der Waals surface area contributed by atoms with E-state index in [0.717, 1.165) is 36.1 Å². The average Bonchev–Trinajstić information content (AvgIpc) is 2.46. The first-order valence-electron chi connectivity index (χ1n) is 7.34. The van der Waals surface area contributed by atoms with Gasteiger partial charge in [0.2, 0.25) is 5.91 Å². The van der Waals surface area contributed by atoms with Gasteiger partial charge in [-0.15, -0.1) is 11.8 Å². The third-order valence-corrected chi connectivity index (χ3v) is 4.57. The predicted octanol–water partition coefficient (Wildman–Crippen LogP) is 3.47. The molecule has 3 nitrogen and oxygen atoms in total. The fraction of sp³-hybridized carbons (Fsp3) is 0.562. The second kappa shape index (κ2) is 7.70. The molecule has 110 valence electrons. The quantitative estimate of drug-likeness (QED) is 0.843. The minimum absolute atomic E-state index is 0.115. The molecule has 1 fully saturated rings. The molecule has 1 atom stereocenters. The molecule has 1 amide bonds. The molecule has 2 rings (SSSR count). The van der Waals surface area contributed by atoms with E-state index in [-0.39, 0.29) is 5.91 Å². The number of thioether (sulfide) groups is 1. The molecule has 0 saturated carbocycles. The zero-order chi connectivity index (χ0) is 14.4. The van der Waals surface area contributed by atoms with E-state index in [1.165, 1.54) is 12.8 Å². The van der Waals surface area contributed by atoms with Gasteiger partial charge >= 0.3 is 0 Å². The summed E-state index contributed by atoms with van der Waals surface area (Å²) in [6.45, 7) is 5.44. The summed E-state index contributed by atoms with van der Waals surface area (Å²) in [5.74, 6) is 0.883. The van der Waals surface area contributed by atoms with Gasteiger partial charge < -0.3 is 10.2 Å². The number of rotatable bonds is 5. The van der Waals surface area contributed by atoms with Crippen molar-refractivity contribution in [1.82, 2.24) is 4.90 Å². The number of benzene rings is 1. The number of likely N-dealkylation sites (tertiary alicyclic amines) is 1. The molecule has 1 aliphatic heterocycles. The number of hydrogen-bond donors (Lipinski definition) is 1. The van der Waals surface area contributed by atoms with E-state index in [2.05, 4.69) is 17.1 Å². The van der Waals surface area contributed by atoms with Crippen molar-refractivity contribution < 1.29 is 4.79 Å². The molecule has 0 aromatic heterocycles. The van der Waals surface area contributed by atoms with Gasteiger partial charge in [0.05, 0.1) is 5.69 Å². The molecule has 0 spiro atoms. The Hall–Kier alpha value is -1.00. The Labute approximate surface area is 126 Å². The first-order chi connectivity index (χ1) is 9.69. The molecule has 0 bridgehead atoms. The van der Waals surface area contributed by atoms with E-state index in [0.29, 0.717) is 6.42 Å². The average molecular weight is 292 g/mol. The third-order valence-electron chi connectivity index (χ3n) is 3.78. The van der Waals surface area contributed by atoms with Crippen LogP contribution in [-0.4, -0.2) is 36.7 Å². The van der Waals surface area contributed by atoms with Crippen molar-refractivity contribution in [2.75, 3.05) is 31.2 Å². The second-order valence-corrected chi connectivity index (χ2v) is 6.39. The van der Waals surface area contributed by atoms with E-state index in [4.69, 9.17) is 0 Å². The lowest BCUT2D eigenvalue weighted by Crippen LogP contribution is -2.36. The van der Waals surface area contributed by atoms with Crippen molar-refractivity contribution in [3.05, 3.63) is 24.3 Å². The lowest BCUT2D eigenvalue weighted by Gasteiger charge is -2.30. The van der Waals surface area contributed by atoms with E-state index in [1.54, 1.807) is 11.8 Å². The molecule has 1 N–H and O–H groups in total. The number of anilines is 1. The van der Waals surface area contributed by atoms with Gasteiger partial charge in [-0.05, 0) is 43.7 Å². The van der Waals surface area contributed by atoms with Gasteiger partial charge in [-0.3, -0.25) is 4.79 Å². The number of carbonyl (C=O) groups is 1. The van der Waals surface area contributed by atoms with Crippen LogP contribution in [0.4, 0.5) is 5.69 Å². The summed E-state index contributed by atoms with van der Waals surface area (Å²) < 4.78 is 0. The zero-order valence-corrected chi connectivity index (χ0v) is 13.2. The van der Waals surface area contributed by atoms with Crippen LogP contribution in [0.3, 0.4) is 0 Å². The Morgan fingerprint density at radius 1 is 1.45 bits per heavy atom. The number of piperidine rings is 1. The standard InChI is InChI=1S/C16H24N2OS/c1-13-6-5-10-18(12-13)11-9-16(19)17-14-7-3-4-8-15(14)20-2/h3-4,7-8,13H,5-6,9-12H2,1-2H3,(H,17,19). The molecule has 0 radical (unpaired) electrons. The van der Waals surface area contributed by atoms with Crippen LogP contribution >= 0.6 is 11.8 Å². The summed E-state index contributed by atoms with van der Waals surface area (Å²) in [5.41, 5.74) is 0.928. The topological polar surface area (TPSA) is 32.3 Å². The summed E-state index contributed by atoms with van der Waals surface area (Å²) in [5, 5.41) is 3.03. The van der Waals surface area contributed by atoms with E-state index in [1.807, 2.05) is 30.5 Å². The van der Waals surface area contributed by atoms with Crippen LogP contribution in [0.1, 0.15) is 26.2 Å². The SMILES string of the molecule is CSc1ccccc1NC(=O)CCN1CCCC(C)C1. The van der Waals surface area contributed by atoms with Gasteiger partial charge in [-0.2, -0.15) is 0 Å². The van der Waals surface area contributed by atoms with Crippen molar-refractivity contribution in [2.45, 2.75) is 31.1 Å². The molecule has 1 aliphatic rings. The molecule has 4 heteroatoms. The minimum atomic E-state index is 0.115. The Morgan fingerprint density at radius 3 is 3.00 bits per heavy atom. The second-order valence-electron chi connectivity index (χ2n) is 5.55. The van der Waals surface area contributed by atoms with Gasteiger partial charge in [-0.1, -0.05) is 19.1 Å². The van der Waals surface area contributed by atoms with Crippen molar-refractivity contribution in [1.29, 1.82) is 0 Å². The van der Waals surface area contributed by atoms with Crippen LogP contribution in [0.25, 0.3) is 0 Å². The molecule has 1 saturated heterocycles.